The number of nitrogens with one attached hydrogen (secondary N) is 2. The molecule has 118 valence electrons. The SMILES string of the molecule is O=C(Nc1ccc(S(=O)(=O)Nc2nccs2)cc1)c1ccco1. The lowest BCUT2D eigenvalue weighted by atomic mass is 10.3. The van der Waals surface area contributed by atoms with E-state index in [1.54, 1.807) is 11.4 Å². The van der Waals surface area contributed by atoms with E-state index in [4.69, 9.17) is 4.42 Å². The van der Waals surface area contributed by atoms with E-state index < -0.39 is 15.9 Å². The fourth-order valence-corrected chi connectivity index (χ4v) is 3.55. The van der Waals surface area contributed by atoms with Crippen LogP contribution >= 0.6 is 11.3 Å². The number of carbonyl (C=O) groups is 1. The van der Waals surface area contributed by atoms with Gasteiger partial charge in [-0.15, -0.1) is 11.3 Å². The minimum atomic E-state index is -3.70. The predicted molar refractivity (Wildman–Crippen MR) is 86.0 cm³/mol. The Morgan fingerprint density at radius 1 is 1.17 bits per heavy atom. The Kier molecular flexibility index (Phi) is 4.13. The number of hydrogen-bond acceptors (Lipinski definition) is 6. The van der Waals surface area contributed by atoms with Crippen molar-refractivity contribution in [1.82, 2.24) is 4.98 Å². The van der Waals surface area contributed by atoms with Crippen LogP contribution in [-0.2, 0) is 10.0 Å². The van der Waals surface area contributed by atoms with Crippen LogP contribution in [0, 0.1) is 0 Å². The maximum atomic E-state index is 12.2. The van der Waals surface area contributed by atoms with E-state index in [2.05, 4.69) is 15.0 Å². The predicted octanol–water partition coefficient (Wildman–Crippen LogP) is 2.79. The molecule has 2 aromatic heterocycles. The molecule has 0 bridgehead atoms. The summed E-state index contributed by atoms with van der Waals surface area (Å²) in [5.74, 6) is -0.237. The molecule has 23 heavy (non-hydrogen) atoms. The Hall–Kier alpha value is -2.65. The standard InChI is InChI=1S/C14H11N3O4S2/c18-13(12-2-1-8-21-12)16-10-3-5-11(6-4-10)23(19,20)17-14-15-7-9-22-14/h1-9H,(H,15,17)(H,16,18). The first-order valence-electron chi connectivity index (χ1n) is 6.42. The summed E-state index contributed by atoms with van der Waals surface area (Å²) in [6.07, 6.45) is 2.91. The number of thiazole rings is 1. The molecule has 0 spiro atoms. The molecule has 1 aromatic carbocycles. The summed E-state index contributed by atoms with van der Waals surface area (Å²) < 4.78 is 31.7. The average Bonchev–Trinajstić information content (AvgIpc) is 3.20. The zero-order valence-corrected chi connectivity index (χ0v) is 13.2. The number of benzene rings is 1. The molecule has 0 saturated heterocycles. The number of carbonyl (C=O) groups excluding carboxylic acids is 1. The van der Waals surface area contributed by atoms with Crippen LogP contribution in [0.2, 0.25) is 0 Å². The van der Waals surface area contributed by atoms with E-state index in [9.17, 15) is 13.2 Å². The van der Waals surface area contributed by atoms with E-state index in [1.807, 2.05) is 0 Å². The second kappa shape index (κ2) is 6.23. The van der Waals surface area contributed by atoms with Crippen molar-refractivity contribution in [2.24, 2.45) is 0 Å². The first kappa shape index (κ1) is 15.3. The maximum Gasteiger partial charge on any atom is 0.291 e. The molecule has 0 aliphatic rings. The number of anilines is 2. The number of aromatic nitrogens is 1. The highest BCUT2D eigenvalue weighted by molar-refractivity contribution is 7.93. The smallest absolute Gasteiger partial charge is 0.291 e. The fraction of sp³-hybridized carbons (Fsp3) is 0. The van der Waals surface area contributed by atoms with E-state index in [1.165, 1.54) is 54.1 Å². The summed E-state index contributed by atoms with van der Waals surface area (Å²) in [4.78, 5) is 15.8. The largest absolute Gasteiger partial charge is 0.459 e. The second-order valence-corrected chi connectivity index (χ2v) is 6.98. The van der Waals surface area contributed by atoms with Gasteiger partial charge in [-0.1, -0.05) is 0 Å². The Bertz CT molecular complexity index is 886. The number of sulfonamides is 1. The molecule has 0 aliphatic heterocycles. The topological polar surface area (TPSA) is 101 Å². The van der Waals surface area contributed by atoms with Crippen LogP contribution in [0.25, 0.3) is 0 Å². The Morgan fingerprint density at radius 2 is 1.96 bits per heavy atom. The van der Waals surface area contributed by atoms with Crippen LogP contribution in [0.15, 0.2) is 63.6 Å². The van der Waals surface area contributed by atoms with Gasteiger partial charge in [0.25, 0.3) is 15.9 Å². The Morgan fingerprint density at radius 3 is 2.57 bits per heavy atom. The van der Waals surface area contributed by atoms with Gasteiger partial charge in [0.05, 0.1) is 11.2 Å². The molecule has 0 unspecified atom stereocenters. The van der Waals surface area contributed by atoms with Gasteiger partial charge in [-0.3, -0.25) is 9.52 Å². The number of rotatable bonds is 5. The Labute approximate surface area is 136 Å². The zero-order chi connectivity index (χ0) is 16.3. The first-order chi connectivity index (χ1) is 11.0. The van der Waals surface area contributed by atoms with Crippen LogP contribution in [0.1, 0.15) is 10.6 Å². The van der Waals surface area contributed by atoms with E-state index >= 15 is 0 Å². The van der Waals surface area contributed by atoms with Crippen LogP contribution in [0.3, 0.4) is 0 Å². The van der Waals surface area contributed by atoms with Gasteiger partial charge >= 0.3 is 0 Å². The van der Waals surface area contributed by atoms with Gasteiger partial charge in [0.15, 0.2) is 10.9 Å². The number of furan rings is 1. The van der Waals surface area contributed by atoms with Crippen molar-refractivity contribution in [2.45, 2.75) is 4.90 Å². The summed E-state index contributed by atoms with van der Waals surface area (Å²) in [5, 5.41) is 4.57. The van der Waals surface area contributed by atoms with Gasteiger partial charge in [0, 0.05) is 17.3 Å². The molecule has 3 aromatic rings. The normalized spacial score (nSPS) is 11.1. The third-order valence-corrected chi connectivity index (χ3v) is 4.99. The molecule has 3 rings (SSSR count). The van der Waals surface area contributed by atoms with Crippen molar-refractivity contribution in [3.63, 3.8) is 0 Å². The number of nitrogens with zero attached hydrogens (tertiary/aromatic N) is 1. The van der Waals surface area contributed by atoms with Gasteiger partial charge in [-0.25, -0.2) is 13.4 Å². The van der Waals surface area contributed by atoms with Crippen LogP contribution in [0.4, 0.5) is 10.8 Å². The van der Waals surface area contributed by atoms with Crippen molar-refractivity contribution in [3.8, 4) is 0 Å². The minimum Gasteiger partial charge on any atom is -0.459 e. The fourth-order valence-electron chi connectivity index (χ4n) is 1.77. The third-order valence-electron chi connectivity index (χ3n) is 2.82. The quantitative estimate of drug-likeness (QED) is 0.737. The number of hydrogen-bond donors (Lipinski definition) is 2. The highest BCUT2D eigenvalue weighted by Crippen LogP contribution is 2.19. The summed E-state index contributed by atoms with van der Waals surface area (Å²) in [6.45, 7) is 0. The monoisotopic (exact) mass is 349 g/mol. The molecule has 2 N–H and O–H groups in total. The highest BCUT2D eigenvalue weighted by Gasteiger charge is 2.16. The van der Waals surface area contributed by atoms with Crippen LogP contribution in [0.5, 0.6) is 0 Å². The highest BCUT2D eigenvalue weighted by atomic mass is 32.2. The van der Waals surface area contributed by atoms with Crippen molar-refractivity contribution in [1.29, 1.82) is 0 Å². The third kappa shape index (κ3) is 3.58. The van der Waals surface area contributed by atoms with Gasteiger partial charge in [0.2, 0.25) is 0 Å². The summed E-state index contributed by atoms with van der Waals surface area (Å²) >= 11 is 1.19. The van der Waals surface area contributed by atoms with E-state index in [0.717, 1.165) is 0 Å². The summed E-state index contributed by atoms with van der Waals surface area (Å²) in [5.41, 5.74) is 0.458. The van der Waals surface area contributed by atoms with Crippen molar-refractivity contribution >= 4 is 38.1 Å². The molecule has 0 fully saturated rings. The van der Waals surface area contributed by atoms with Gasteiger partial charge in [-0.05, 0) is 36.4 Å². The first-order valence-corrected chi connectivity index (χ1v) is 8.78. The molecule has 1 amide bonds. The van der Waals surface area contributed by atoms with Gasteiger partial charge in [-0.2, -0.15) is 0 Å². The average molecular weight is 349 g/mol. The lowest BCUT2D eigenvalue weighted by Crippen LogP contribution is -2.13. The summed E-state index contributed by atoms with van der Waals surface area (Å²) in [6, 6.07) is 8.93. The lowest BCUT2D eigenvalue weighted by molar-refractivity contribution is 0.0996. The van der Waals surface area contributed by atoms with Crippen LogP contribution in [-0.4, -0.2) is 19.3 Å². The van der Waals surface area contributed by atoms with Gasteiger partial charge < -0.3 is 9.73 Å². The zero-order valence-electron chi connectivity index (χ0n) is 11.6. The molecule has 0 atom stereocenters. The number of amides is 1. The molecule has 0 saturated carbocycles. The summed E-state index contributed by atoms with van der Waals surface area (Å²) in [7, 11) is -3.70. The van der Waals surface area contributed by atoms with E-state index in [0.29, 0.717) is 10.8 Å². The van der Waals surface area contributed by atoms with Crippen molar-refractivity contribution in [2.75, 3.05) is 10.0 Å². The second-order valence-electron chi connectivity index (χ2n) is 4.40. The molecule has 0 aliphatic carbocycles. The van der Waals surface area contributed by atoms with Gasteiger partial charge in [0.1, 0.15) is 0 Å². The van der Waals surface area contributed by atoms with Crippen molar-refractivity contribution < 1.29 is 17.6 Å². The lowest BCUT2D eigenvalue weighted by Gasteiger charge is -2.07. The molecule has 9 heteroatoms. The minimum absolute atomic E-state index is 0.0729. The maximum absolute atomic E-state index is 12.2. The molecular formula is C14H11N3O4S2. The van der Waals surface area contributed by atoms with Crippen LogP contribution < -0.4 is 10.0 Å². The van der Waals surface area contributed by atoms with E-state index in [-0.39, 0.29) is 10.7 Å². The van der Waals surface area contributed by atoms with Crippen molar-refractivity contribution in [3.05, 3.63) is 60.0 Å². The molecule has 7 nitrogen and oxygen atoms in total. The molecule has 0 radical (unpaired) electrons. The molecule has 2 heterocycles. The molecular weight excluding hydrogens is 338 g/mol. The Balaban J connectivity index is 1.73.